The summed E-state index contributed by atoms with van der Waals surface area (Å²) in [6.45, 7) is 22.7. The number of carbonyl (C=O) groups is 3. The van der Waals surface area contributed by atoms with Gasteiger partial charge in [-0.15, -0.1) is 0 Å². The number of fused-ring (bicyclic) bond motifs is 7. The third-order valence-electron chi connectivity index (χ3n) is 21.3. The summed E-state index contributed by atoms with van der Waals surface area (Å²) in [5.41, 5.74) is 1.41. The number of piperidine rings is 1. The van der Waals surface area contributed by atoms with E-state index in [4.69, 9.17) is 18.9 Å². The number of methoxy groups -OCH3 is 1. The van der Waals surface area contributed by atoms with Crippen molar-refractivity contribution in [1.29, 1.82) is 0 Å². The highest BCUT2D eigenvalue weighted by atomic mass is 16.5. The highest BCUT2D eigenvalue weighted by Crippen LogP contribution is 2.78. The largest absolute Gasteiger partial charge is 0.462 e. The van der Waals surface area contributed by atoms with E-state index in [0.29, 0.717) is 66.5 Å². The molecule has 9 rings (SSSR count). The van der Waals surface area contributed by atoms with Crippen LogP contribution < -0.4 is 0 Å². The number of likely N-dealkylation sites (tertiary alicyclic amines) is 1. The Morgan fingerprint density at radius 1 is 0.677 bits per heavy atom. The summed E-state index contributed by atoms with van der Waals surface area (Å²) < 4.78 is 23.6. The molecule has 1 amide bonds. The summed E-state index contributed by atoms with van der Waals surface area (Å²) in [5, 5.41) is 0. The molecule has 7 saturated carbocycles. The standard InChI is InChI=1S/C54H81NO7/c1-49(2)40(47(57)61-33-34-13-11-10-12-14-34)32-41(49)48(58)62-44-19-22-52(6)42(50(44,3)4)18-24-54(8)43(52)16-15-38-45-36(17-23-53(38,54)7)37(31-39(45)51(5)25-26-51)46(56)55-27-20-35(21-28-55)60-30-29-59-9/h10-14,35-45H,15-33H2,1-9H3/t36?,37-,38-,39-,40+,41-,42+,43-,44+,45+,52+,53-,54-/m1/s1. The maximum absolute atomic E-state index is 14.6. The first-order valence-electron chi connectivity index (χ1n) is 25.2. The van der Waals surface area contributed by atoms with E-state index in [-0.39, 0.29) is 70.2 Å². The fourth-order valence-corrected chi connectivity index (χ4v) is 17.0. The number of rotatable bonds is 11. The Kier molecular flexibility index (Phi) is 11.7. The van der Waals surface area contributed by atoms with E-state index in [1.165, 1.54) is 51.4 Å². The molecule has 8 fully saturated rings. The van der Waals surface area contributed by atoms with Crippen LogP contribution >= 0.6 is 0 Å². The summed E-state index contributed by atoms with van der Waals surface area (Å²) in [7, 11) is 1.72. The number of esters is 2. The van der Waals surface area contributed by atoms with Gasteiger partial charge in [0, 0.05) is 31.5 Å². The van der Waals surface area contributed by atoms with Crippen LogP contribution in [0.3, 0.4) is 0 Å². The summed E-state index contributed by atoms with van der Waals surface area (Å²) in [6.07, 6.45) is 15.7. The Hall–Kier alpha value is -2.45. The highest BCUT2D eigenvalue weighted by Gasteiger charge is 2.72. The molecule has 62 heavy (non-hydrogen) atoms. The zero-order valence-electron chi connectivity index (χ0n) is 40.0. The minimum absolute atomic E-state index is 0.123. The third kappa shape index (κ3) is 7.14. The summed E-state index contributed by atoms with van der Waals surface area (Å²) >= 11 is 0. The van der Waals surface area contributed by atoms with E-state index in [1.54, 1.807) is 7.11 Å². The lowest BCUT2D eigenvalue weighted by atomic mass is 9.33. The van der Waals surface area contributed by atoms with Crippen molar-refractivity contribution in [1.82, 2.24) is 4.90 Å². The van der Waals surface area contributed by atoms with Crippen LogP contribution in [-0.4, -0.2) is 68.4 Å². The minimum Gasteiger partial charge on any atom is -0.462 e. The molecule has 13 atom stereocenters. The van der Waals surface area contributed by atoms with Gasteiger partial charge in [0.15, 0.2) is 0 Å². The fraction of sp³-hybridized carbons (Fsp3) is 0.833. The van der Waals surface area contributed by atoms with Gasteiger partial charge in [-0.1, -0.05) is 85.7 Å². The first-order chi connectivity index (χ1) is 29.4. The maximum Gasteiger partial charge on any atom is 0.309 e. The van der Waals surface area contributed by atoms with Gasteiger partial charge in [-0.2, -0.15) is 0 Å². The number of hydrogen-bond donors (Lipinski definition) is 0. The molecule has 1 aromatic rings. The van der Waals surface area contributed by atoms with E-state index in [1.807, 2.05) is 44.2 Å². The molecule has 7 aliphatic carbocycles. The van der Waals surface area contributed by atoms with E-state index < -0.39 is 5.41 Å². The molecule has 1 heterocycles. The molecule has 344 valence electrons. The first kappa shape index (κ1) is 44.7. The van der Waals surface area contributed by atoms with Crippen molar-refractivity contribution in [2.24, 2.45) is 85.8 Å². The normalized spacial score (nSPS) is 42.6. The van der Waals surface area contributed by atoms with Crippen molar-refractivity contribution in [2.75, 3.05) is 33.4 Å². The lowest BCUT2D eigenvalue weighted by Crippen LogP contribution is -2.66. The minimum atomic E-state index is -0.503. The number of ether oxygens (including phenoxy) is 4. The second kappa shape index (κ2) is 16.2. The fourth-order valence-electron chi connectivity index (χ4n) is 17.0. The second-order valence-corrected chi connectivity index (χ2v) is 24.5. The zero-order chi connectivity index (χ0) is 44.0. The molecule has 0 radical (unpaired) electrons. The Labute approximate surface area is 374 Å². The number of hydrogen-bond acceptors (Lipinski definition) is 7. The summed E-state index contributed by atoms with van der Waals surface area (Å²) in [6, 6.07) is 9.79. The molecule has 1 aromatic carbocycles. The molecule has 0 bridgehead atoms. The van der Waals surface area contributed by atoms with Crippen molar-refractivity contribution in [2.45, 2.75) is 164 Å². The zero-order valence-corrected chi connectivity index (χ0v) is 40.0. The quantitative estimate of drug-likeness (QED) is 0.162. The smallest absolute Gasteiger partial charge is 0.309 e. The van der Waals surface area contributed by atoms with Crippen molar-refractivity contribution < 1.29 is 33.3 Å². The maximum atomic E-state index is 14.6. The molecule has 8 aliphatic rings. The Morgan fingerprint density at radius 2 is 1.37 bits per heavy atom. The first-order valence-corrected chi connectivity index (χ1v) is 25.2. The van der Waals surface area contributed by atoms with Crippen LogP contribution in [0.25, 0.3) is 0 Å². The monoisotopic (exact) mass is 856 g/mol. The molecule has 0 spiro atoms. The molecule has 1 aliphatic heterocycles. The van der Waals surface area contributed by atoms with Crippen LogP contribution in [0.2, 0.25) is 0 Å². The second-order valence-electron chi connectivity index (χ2n) is 24.5. The Morgan fingerprint density at radius 3 is 2.05 bits per heavy atom. The van der Waals surface area contributed by atoms with Crippen LogP contribution in [0.1, 0.15) is 151 Å². The molecular formula is C54H81NO7. The van der Waals surface area contributed by atoms with Crippen LogP contribution in [-0.2, 0) is 39.9 Å². The van der Waals surface area contributed by atoms with Gasteiger partial charge in [0.05, 0.1) is 31.2 Å². The van der Waals surface area contributed by atoms with E-state index in [9.17, 15) is 14.4 Å². The van der Waals surface area contributed by atoms with Gasteiger partial charge in [-0.3, -0.25) is 14.4 Å². The topological polar surface area (TPSA) is 91.4 Å². The van der Waals surface area contributed by atoms with Gasteiger partial charge in [0.2, 0.25) is 5.91 Å². The average Bonchev–Trinajstić information content (AvgIpc) is 3.86. The van der Waals surface area contributed by atoms with Gasteiger partial charge in [-0.05, 0) is 158 Å². The lowest BCUT2D eigenvalue weighted by Gasteiger charge is -2.72. The molecule has 8 nitrogen and oxygen atoms in total. The summed E-state index contributed by atoms with van der Waals surface area (Å²) in [4.78, 5) is 44.1. The number of amides is 1. The van der Waals surface area contributed by atoms with Gasteiger partial charge < -0.3 is 23.8 Å². The molecule has 0 N–H and O–H groups in total. The Bertz CT molecular complexity index is 1830. The van der Waals surface area contributed by atoms with Crippen molar-refractivity contribution in [3.63, 3.8) is 0 Å². The lowest BCUT2D eigenvalue weighted by molar-refractivity contribution is -0.248. The van der Waals surface area contributed by atoms with Crippen molar-refractivity contribution in [3.8, 4) is 0 Å². The molecular weight excluding hydrogens is 775 g/mol. The molecule has 1 unspecified atom stereocenters. The summed E-state index contributed by atoms with van der Waals surface area (Å²) in [5.74, 6) is 3.32. The van der Waals surface area contributed by atoms with E-state index in [0.717, 1.165) is 50.8 Å². The molecule has 1 saturated heterocycles. The van der Waals surface area contributed by atoms with E-state index in [2.05, 4.69) is 46.4 Å². The van der Waals surface area contributed by atoms with Crippen LogP contribution in [0.4, 0.5) is 0 Å². The van der Waals surface area contributed by atoms with Crippen LogP contribution in [0.15, 0.2) is 30.3 Å². The number of carbonyl (C=O) groups excluding carboxylic acids is 3. The average molecular weight is 856 g/mol. The number of nitrogens with zero attached hydrogens (tertiary/aromatic N) is 1. The molecule has 0 aromatic heterocycles. The Balaban J connectivity index is 0.864. The van der Waals surface area contributed by atoms with Gasteiger partial charge in [-0.25, -0.2) is 0 Å². The van der Waals surface area contributed by atoms with E-state index >= 15 is 0 Å². The van der Waals surface area contributed by atoms with Crippen molar-refractivity contribution in [3.05, 3.63) is 35.9 Å². The van der Waals surface area contributed by atoms with Gasteiger partial charge in [0.1, 0.15) is 12.7 Å². The predicted octanol–water partition coefficient (Wildman–Crippen LogP) is 10.7. The van der Waals surface area contributed by atoms with Crippen LogP contribution in [0, 0.1) is 85.8 Å². The van der Waals surface area contributed by atoms with Gasteiger partial charge >= 0.3 is 11.9 Å². The van der Waals surface area contributed by atoms with Gasteiger partial charge in [0.25, 0.3) is 0 Å². The number of benzene rings is 1. The predicted molar refractivity (Wildman–Crippen MR) is 240 cm³/mol. The van der Waals surface area contributed by atoms with Crippen molar-refractivity contribution >= 4 is 17.8 Å². The third-order valence-corrected chi connectivity index (χ3v) is 21.3. The molecule has 8 heteroatoms. The highest BCUT2D eigenvalue weighted by molar-refractivity contribution is 5.82. The van der Waals surface area contributed by atoms with Crippen LogP contribution in [0.5, 0.6) is 0 Å². The SMILES string of the molecule is COCCOC1CCN(C(=O)[C@@H]2C[C@@H](C3(C)CC3)[C@H]3C2CC[C@]2(C)[C@@H]3CC[C@@H]3[C@@]4(C)CC[C@H](OC(=O)[C@H]5C[C@@H](C(=O)OCc6ccccc6)C5(C)C)C(C)(C)[C@@H]4CC[C@]32C)CC1.